The summed E-state index contributed by atoms with van der Waals surface area (Å²) in [5.74, 6) is 0. The Balaban J connectivity index is 1.58. The lowest BCUT2D eigenvalue weighted by molar-refractivity contribution is 0.237. The zero-order valence-electron chi connectivity index (χ0n) is 15.2. The molecule has 134 valence electrons. The summed E-state index contributed by atoms with van der Waals surface area (Å²) >= 11 is 0. The Kier molecular flexibility index (Phi) is 5.26. The fraction of sp³-hybridized carbons (Fsp3) is 0.474. The van der Waals surface area contributed by atoms with Gasteiger partial charge in [0.15, 0.2) is 0 Å². The molecule has 1 fully saturated rings. The molecular formula is C19H27N5O. The molecule has 2 N–H and O–H groups in total. The number of carbonyl (C=O) groups is 1. The second kappa shape index (κ2) is 7.59. The summed E-state index contributed by atoms with van der Waals surface area (Å²) < 4.78 is 1.77. The molecule has 0 aliphatic carbocycles. The highest BCUT2D eigenvalue weighted by Gasteiger charge is 2.17. The number of para-hydroxylation sites is 1. The number of anilines is 1. The van der Waals surface area contributed by atoms with Gasteiger partial charge in [0.25, 0.3) is 0 Å². The van der Waals surface area contributed by atoms with Crippen LogP contribution in [0.1, 0.15) is 42.6 Å². The number of amides is 2. The molecule has 2 aromatic rings. The molecule has 6 heteroatoms. The van der Waals surface area contributed by atoms with Crippen LogP contribution in [0.5, 0.6) is 0 Å². The molecule has 1 aliphatic heterocycles. The van der Waals surface area contributed by atoms with Gasteiger partial charge in [-0.3, -0.25) is 4.68 Å². The molecule has 1 atom stereocenters. The third-order valence-electron chi connectivity index (χ3n) is 4.74. The second-order valence-electron chi connectivity index (χ2n) is 6.72. The van der Waals surface area contributed by atoms with Gasteiger partial charge >= 0.3 is 6.03 Å². The number of aromatic nitrogens is 2. The van der Waals surface area contributed by atoms with Crippen molar-refractivity contribution in [2.24, 2.45) is 7.05 Å². The fourth-order valence-corrected chi connectivity index (χ4v) is 3.47. The van der Waals surface area contributed by atoms with Gasteiger partial charge in [-0.05, 0) is 38.3 Å². The molecule has 0 spiro atoms. The van der Waals surface area contributed by atoms with Gasteiger partial charge in [-0.25, -0.2) is 4.79 Å². The predicted molar refractivity (Wildman–Crippen MR) is 99.6 cm³/mol. The van der Waals surface area contributed by atoms with E-state index in [2.05, 4.69) is 38.8 Å². The van der Waals surface area contributed by atoms with Gasteiger partial charge in [-0.2, -0.15) is 5.10 Å². The van der Waals surface area contributed by atoms with E-state index in [0.717, 1.165) is 29.9 Å². The lowest BCUT2D eigenvalue weighted by atomic mass is 10.1. The van der Waals surface area contributed by atoms with Crippen LogP contribution in [-0.4, -0.2) is 28.9 Å². The topological polar surface area (TPSA) is 62.2 Å². The Morgan fingerprint density at radius 1 is 1.28 bits per heavy atom. The maximum absolute atomic E-state index is 12.3. The number of nitrogens with zero attached hydrogens (tertiary/aromatic N) is 3. The van der Waals surface area contributed by atoms with E-state index >= 15 is 0 Å². The van der Waals surface area contributed by atoms with Crippen LogP contribution in [0.2, 0.25) is 0 Å². The van der Waals surface area contributed by atoms with E-state index in [9.17, 15) is 4.79 Å². The summed E-state index contributed by atoms with van der Waals surface area (Å²) in [6.45, 7) is 6.65. The molecule has 1 aliphatic rings. The van der Waals surface area contributed by atoms with E-state index in [0.29, 0.717) is 6.54 Å². The highest BCUT2D eigenvalue weighted by atomic mass is 16.2. The van der Waals surface area contributed by atoms with Crippen molar-refractivity contribution in [1.82, 2.24) is 20.4 Å². The van der Waals surface area contributed by atoms with Crippen molar-refractivity contribution in [1.29, 1.82) is 0 Å². The molecule has 25 heavy (non-hydrogen) atoms. The molecule has 3 rings (SSSR count). The van der Waals surface area contributed by atoms with Gasteiger partial charge in [0, 0.05) is 44.1 Å². The number of rotatable bonds is 5. The van der Waals surface area contributed by atoms with Crippen LogP contribution in [0.15, 0.2) is 30.5 Å². The highest BCUT2D eigenvalue weighted by molar-refractivity contribution is 5.74. The van der Waals surface area contributed by atoms with Gasteiger partial charge in [-0.1, -0.05) is 18.2 Å². The van der Waals surface area contributed by atoms with Gasteiger partial charge in [0.2, 0.25) is 0 Å². The molecule has 0 radical (unpaired) electrons. The predicted octanol–water partition coefficient (Wildman–Crippen LogP) is 2.89. The number of hydrogen-bond donors (Lipinski definition) is 2. The van der Waals surface area contributed by atoms with Crippen molar-refractivity contribution in [3.8, 4) is 0 Å². The van der Waals surface area contributed by atoms with Crippen LogP contribution in [0.4, 0.5) is 10.5 Å². The maximum atomic E-state index is 12.3. The van der Waals surface area contributed by atoms with Gasteiger partial charge in [0.1, 0.15) is 0 Å². The average Bonchev–Trinajstić information content (AvgIpc) is 3.22. The third kappa shape index (κ3) is 4.13. The van der Waals surface area contributed by atoms with Crippen molar-refractivity contribution < 1.29 is 4.79 Å². The number of nitrogens with one attached hydrogen (secondary N) is 2. The molecule has 1 aromatic carbocycles. The van der Waals surface area contributed by atoms with Crippen molar-refractivity contribution in [3.05, 3.63) is 47.3 Å². The minimum Gasteiger partial charge on any atom is -0.371 e. The van der Waals surface area contributed by atoms with Crippen LogP contribution in [-0.2, 0) is 13.6 Å². The summed E-state index contributed by atoms with van der Waals surface area (Å²) in [6.07, 6.45) is 4.43. The number of urea groups is 1. The summed E-state index contributed by atoms with van der Waals surface area (Å²) in [4.78, 5) is 14.7. The highest BCUT2D eigenvalue weighted by Crippen LogP contribution is 2.24. The average molecular weight is 341 g/mol. The lowest BCUT2D eigenvalue weighted by Crippen LogP contribution is -2.37. The zero-order chi connectivity index (χ0) is 17.8. The number of benzene rings is 1. The second-order valence-corrected chi connectivity index (χ2v) is 6.72. The number of aryl methyl sites for hydroxylation is 2. The Hall–Kier alpha value is -2.50. The van der Waals surface area contributed by atoms with E-state index in [1.807, 2.05) is 33.2 Å². The monoisotopic (exact) mass is 341 g/mol. The molecule has 2 amide bonds. The third-order valence-corrected chi connectivity index (χ3v) is 4.74. The molecule has 1 saturated heterocycles. The van der Waals surface area contributed by atoms with Crippen LogP contribution in [0.3, 0.4) is 0 Å². The quantitative estimate of drug-likeness (QED) is 0.879. The zero-order valence-corrected chi connectivity index (χ0v) is 15.2. The van der Waals surface area contributed by atoms with Crippen LogP contribution in [0, 0.1) is 6.92 Å². The van der Waals surface area contributed by atoms with E-state index in [1.54, 1.807) is 4.68 Å². The van der Waals surface area contributed by atoms with E-state index in [4.69, 9.17) is 0 Å². The maximum Gasteiger partial charge on any atom is 0.315 e. The summed E-state index contributed by atoms with van der Waals surface area (Å²) in [7, 11) is 1.89. The molecule has 0 saturated carbocycles. The summed E-state index contributed by atoms with van der Waals surface area (Å²) in [5.41, 5.74) is 4.37. The van der Waals surface area contributed by atoms with Gasteiger partial charge in [-0.15, -0.1) is 0 Å². The normalized spacial score (nSPS) is 15.2. The molecule has 2 heterocycles. The Morgan fingerprint density at radius 3 is 2.68 bits per heavy atom. The van der Waals surface area contributed by atoms with Crippen molar-refractivity contribution in [2.75, 3.05) is 18.0 Å². The fourth-order valence-electron chi connectivity index (χ4n) is 3.47. The summed E-state index contributed by atoms with van der Waals surface area (Å²) in [6, 6.07) is 8.07. The smallest absolute Gasteiger partial charge is 0.315 e. The van der Waals surface area contributed by atoms with E-state index in [1.165, 1.54) is 18.5 Å². The molecular weight excluding hydrogens is 314 g/mol. The molecule has 0 unspecified atom stereocenters. The van der Waals surface area contributed by atoms with Crippen LogP contribution in [0.25, 0.3) is 0 Å². The largest absolute Gasteiger partial charge is 0.371 e. The van der Waals surface area contributed by atoms with Gasteiger partial charge < -0.3 is 15.5 Å². The van der Waals surface area contributed by atoms with Gasteiger partial charge in [0.05, 0.1) is 11.7 Å². The molecule has 0 bridgehead atoms. The van der Waals surface area contributed by atoms with Crippen molar-refractivity contribution >= 4 is 11.7 Å². The number of hydrogen-bond acceptors (Lipinski definition) is 3. The van der Waals surface area contributed by atoms with E-state index in [-0.39, 0.29) is 12.1 Å². The first-order valence-corrected chi connectivity index (χ1v) is 8.92. The lowest BCUT2D eigenvalue weighted by Gasteiger charge is -2.22. The van der Waals surface area contributed by atoms with Crippen molar-refractivity contribution in [3.63, 3.8) is 0 Å². The Labute approximate surface area is 149 Å². The van der Waals surface area contributed by atoms with Crippen molar-refractivity contribution in [2.45, 2.75) is 39.3 Å². The molecule has 1 aromatic heterocycles. The Bertz CT molecular complexity index is 733. The SMILES string of the molecule is Cc1nn(C)cc1[C@H](C)NC(=O)NCc1ccccc1N1CCCC1. The minimum absolute atomic E-state index is 0.0810. The Morgan fingerprint density at radius 2 is 2.00 bits per heavy atom. The van der Waals surface area contributed by atoms with Crippen LogP contribution < -0.4 is 15.5 Å². The first-order chi connectivity index (χ1) is 12.0. The first kappa shape index (κ1) is 17.3. The number of carbonyl (C=O) groups excluding carboxylic acids is 1. The van der Waals surface area contributed by atoms with Crippen LogP contribution >= 0.6 is 0 Å². The summed E-state index contributed by atoms with van der Waals surface area (Å²) in [5, 5.41) is 10.3. The minimum atomic E-state index is -0.160. The van der Waals surface area contributed by atoms with E-state index < -0.39 is 0 Å². The first-order valence-electron chi connectivity index (χ1n) is 8.92. The standard InChI is InChI=1S/C19H27N5O/c1-14(17-13-23(3)22-15(17)2)21-19(25)20-12-16-8-4-5-9-18(16)24-10-6-7-11-24/h4-5,8-9,13-14H,6-7,10-12H2,1-3H3,(H2,20,21,25)/t14-/m0/s1. The molecule has 6 nitrogen and oxygen atoms in total.